The van der Waals surface area contributed by atoms with Gasteiger partial charge in [0.25, 0.3) is 0 Å². The van der Waals surface area contributed by atoms with Crippen LogP contribution in [0.3, 0.4) is 0 Å². The first kappa shape index (κ1) is 24.0. The molecule has 0 spiro atoms. The van der Waals surface area contributed by atoms with Crippen molar-refractivity contribution in [3.05, 3.63) is 28.2 Å². The van der Waals surface area contributed by atoms with Gasteiger partial charge in [-0.15, -0.1) is 24.0 Å². The number of carbonyl (C=O) groups excluding carboxylic acids is 1. The second-order valence-corrected chi connectivity index (χ2v) is 7.70. The van der Waals surface area contributed by atoms with Crippen molar-refractivity contribution in [2.24, 2.45) is 10.9 Å². The second kappa shape index (κ2) is 11.7. The SMILES string of the molecule is CN=C(NCc1cc(Br)ccc1OC)NC1CCN(C(=O)C(C)C)CC1.I. The maximum absolute atomic E-state index is 12.1. The van der Waals surface area contributed by atoms with Crippen molar-refractivity contribution in [3.63, 3.8) is 0 Å². The highest BCUT2D eigenvalue weighted by atomic mass is 127. The lowest BCUT2D eigenvalue weighted by Crippen LogP contribution is -2.50. The molecule has 2 N–H and O–H groups in total. The summed E-state index contributed by atoms with van der Waals surface area (Å²) in [5, 5.41) is 6.81. The molecule has 1 heterocycles. The van der Waals surface area contributed by atoms with Crippen LogP contribution in [0.15, 0.2) is 27.7 Å². The van der Waals surface area contributed by atoms with E-state index in [1.807, 2.05) is 36.9 Å². The molecule has 1 aromatic carbocycles. The first-order valence-corrected chi connectivity index (χ1v) is 9.82. The Morgan fingerprint density at radius 2 is 2.04 bits per heavy atom. The fourth-order valence-electron chi connectivity index (χ4n) is 3.06. The van der Waals surface area contributed by atoms with Crippen LogP contribution in [0.4, 0.5) is 0 Å². The van der Waals surface area contributed by atoms with Crippen molar-refractivity contribution in [3.8, 4) is 5.75 Å². The number of nitrogens with one attached hydrogen (secondary N) is 2. The number of piperidine rings is 1. The zero-order valence-corrected chi connectivity index (χ0v) is 20.3. The minimum atomic E-state index is 0. The highest BCUT2D eigenvalue weighted by molar-refractivity contribution is 14.0. The summed E-state index contributed by atoms with van der Waals surface area (Å²) in [5.74, 6) is 1.92. The number of guanidine groups is 1. The molecule has 0 bridgehead atoms. The normalized spacial score (nSPS) is 15.3. The Morgan fingerprint density at radius 3 is 2.59 bits per heavy atom. The zero-order chi connectivity index (χ0) is 19.1. The van der Waals surface area contributed by atoms with Crippen molar-refractivity contribution in [2.45, 2.75) is 39.3 Å². The predicted octanol–water partition coefficient (Wildman–Crippen LogP) is 3.39. The molecule has 1 saturated heterocycles. The Labute approximate surface area is 187 Å². The summed E-state index contributed by atoms with van der Waals surface area (Å²) in [6, 6.07) is 6.26. The van der Waals surface area contributed by atoms with E-state index in [-0.39, 0.29) is 35.8 Å². The van der Waals surface area contributed by atoms with E-state index in [1.54, 1.807) is 14.2 Å². The van der Waals surface area contributed by atoms with Gasteiger partial charge in [-0.25, -0.2) is 0 Å². The van der Waals surface area contributed by atoms with E-state index in [9.17, 15) is 4.79 Å². The molecule has 27 heavy (non-hydrogen) atoms. The Balaban J connectivity index is 0.00000364. The maximum atomic E-state index is 12.1. The van der Waals surface area contributed by atoms with Crippen LogP contribution in [-0.4, -0.2) is 50.1 Å². The van der Waals surface area contributed by atoms with Gasteiger partial charge in [0, 0.05) is 48.7 Å². The minimum absolute atomic E-state index is 0. The average molecular weight is 553 g/mol. The molecule has 1 fully saturated rings. The molecular weight excluding hydrogens is 523 g/mol. The predicted molar refractivity (Wildman–Crippen MR) is 124 cm³/mol. The summed E-state index contributed by atoms with van der Waals surface area (Å²) in [6.07, 6.45) is 1.86. The minimum Gasteiger partial charge on any atom is -0.496 e. The molecule has 2 rings (SSSR count). The summed E-state index contributed by atoms with van der Waals surface area (Å²) >= 11 is 3.50. The number of benzene rings is 1. The van der Waals surface area contributed by atoms with E-state index < -0.39 is 0 Å². The van der Waals surface area contributed by atoms with E-state index >= 15 is 0 Å². The smallest absolute Gasteiger partial charge is 0.225 e. The summed E-state index contributed by atoms with van der Waals surface area (Å²) < 4.78 is 6.43. The average Bonchev–Trinajstić information content (AvgIpc) is 2.65. The van der Waals surface area contributed by atoms with Crippen LogP contribution < -0.4 is 15.4 Å². The third kappa shape index (κ3) is 7.14. The molecule has 0 aromatic heterocycles. The van der Waals surface area contributed by atoms with Crippen LogP contribution in [0.5, 0.6) is 5.75 Å². The van der Waals surface area contributed by atoms with Gasteiger partial charge in [0.15, 0.2) is 5.96 Å². The van der Waals surface area contributed by atoms with Crippen LogP contribution in [0, 0.1) is 5.92 Å². The van der Waals surface area contributed by atoms with Gasteiger partial charge >= 0.3 is 0 Å². The number of halogens is 2. The number of ether oxygens (including phenoxy) is 1. The Bertz CT molecular complexity index is 647. The number of hydrogen-bond donors (Lipinski definition) is 2. The Kier molecular flexibility index (Phi) is 10.4. The molecule has 0 unspecified atom stereocenters. The number of amides is 1. The molecule has 1 aliphatic rings. The van der Waals surface area contributed by atoms with E-state index in [2.05, 4.69) is 31.6 Å². The van der Waals surface area contributed by atoms with E-state index in [0.29, 0.717) is 12.6 Å². The van der Waals surface area contributed by atoms with Gasteiger partial charge in [-0.3, -0.25) is 9.79 Å². The fraction of sp³-hybridized carbons (Fsp3) is 0.579. The molecule has 1 amide bonds. The molecule has 8 heteroatoms. The van der Waals surface area contributed by atoms with Crippen LogP contribution in [0.1, 0.15) is 32.3 Å². The number of likely N-dealkylation sites (tertiary alicyclic amines) is 1. The van der Waals surface area contributed by atoms with Crippen molar-refractivity contribution in [2.75, 3.05) is 27.2 Å². The van der Waals surface area contributed by atoms with Gasteiger partial charge in [0.2, 0.25) is 5.91 Å². The molecule has 6 nitrogen and oxygen atoms in total. The molecular formula is C19H30BrIN4O2. The van der Waals surface area contributed by atoms with Gasteiger partial charge < -0.3 is 20.3 Å². The third-order valence-corrected chi connectivity index (χ3v) is 5.05. The standard InChI is InChI=1S/C19H29BrN4O2.HI/c1-13(2)18(25)24-9-7-16(8-10-24)23-19(21-3)22-12-14-11-15(20)5-6-17(14)26-4;/h5-6,11,13,16H,7-10,12H2,1-4H3,(H2,21,22,23);1H. The monoisotopic (exact) mass is 552 g/mol. The summed E-state index contributed by atoms with van der Waals surface area (Å²) in [6.45, 7) is 6.12. The van der Waals surface area contributed by atoms with Gasteiger partial charge in [0.1, 0.15) is 5.75 Å². The van der Waals surface area contributed by atoms with Crippen LogP contribution in [-0.2, 0) is 11.3 Å². The highest BCUT2D eigenvalue weighted by Crippen LogP contribution is 2.22. The van der Waals surface area contributed by atoms with Crippen LogP contribution in [0.25, 0.3) is 0 Å². The largest absolute Gasteiger partial charge is 0.496 e. The molecule has 0 aliphatic carbocycles. The van der Waals surface area contributed by atoms with Gasteiger partial charge in [-0.05, 0) is 31.0 Å². The quantitative estimate of drug-likeness (QED) is 0.334. The molecule has 0 atom stereocenters. The van der Waals surface area contributed by atoms with E-state index in [1.165, 1.54) is 0 Å². The molecule has 1 aromatic rings. The molecule has 0 saturated carbocycles. The van der Waals surface area contributed by atoms with E-state index in [0.717, 1.165) is 47.7 Å². The number of rotatable bonds is 5. The summed E-state index contributed by atoms with van der Waals surface area (Å²) in [7, 11) is 3.44. The van der Waals surface area contributed by atoms with Gasteiger partial charge in [0.05, 0.1) is 7.11 Å². The van der Waals surface area contributed by atoms with Crippen molar-refractivity contribution in [1.29, 1.82) is 0 Å². The highest BCUT2D eigenvalue weighted by Gasteiger charge is 2.24. The molecule has 1 aliphatic heterocycles. The van der Waals surface area contributed by atoms with Crippen LogP contribution >= 0.6 is 39.9 Å². The molecule has 0 radical (unpaired) electrons. The van der Waals surface area contributed by atoms with Crippen molar-refractivity contribution in [1.82, 2.24) is 15.5 Å². The summed E-state index contributed by atoms with van der Waals surface area (Å²) in [4.78, 5) is 18.4. The number of aliphatic imine (C=N–C) groups is 1. The maximum Gasteiger partial charge on any atom is 0.225 e. The lowest BCUT2D eigenvalue weighted by molar-refractivity contribution is -0.135. The number of methoxy groups -OCH3 is 1. The van der Waals surface area contributed by atoms with Gasteiger partial charge in [-0.1, -0.05) is 29.8 Å². The Morgan fingerprint density at radius 1 is 1.37 bits per heavy atom. The number of nitrogens with zero attached hydrogens (tertiary/aromatic N) is 2. The Hall–Kier alpha value is -1.03. The summed E-state index contributed by atoms with van der Waals surface area (Å²) in [5.41, 5.74) is 1.06. The number of carbonyl (C=O) groups is 1. The lowest BCUT2D eigenvalue weighted by Gasteiger charge is -2.34. The van der Waals surface area contributed by atoms with Crippen LogP contribution in [0.2, 0.25) is 0 Å². The second-order valence-electron chi connectivity index (χ2n) is 6.78. The molecule has 152 valence electrons. The third-order valence-electron chi connectivity index (χ3n) is 4.55. The van der Waals surface area contributed by atoms with E-state index in [4.69, 9.17) is 4.74 Å². The topological polar surface area (TPSA) is 66.0 Å². The van der Waals surface area contributed by atoms with Crippen molar-refractivity contribution >= 4 is 51.8 Å². The van der Waals surface area contributed by atoms with Crippen molar-refractivity contribution < 1.29 is 9.53 Å². The fourth-order valence-corrected chi connectivity index (χ4v) is 3.47. The van der Waals surface area contributed by atoms with Gasteiger partial charge in [-0.2, -0.15) is 0 Å². The first-order valence-electron chi connectivity index (χ1n) is 9.03. The zero-order valence-electron chi connectivity index (χ0n) is 16.4. The lowest BCUT2D eigenvalue weighted by atomic mass is 10.0. The number of hydrogen-bond acceptors (Lipinski definition) is 3. The first-order chi connectivity index (χ1) is 12.4.